The van der Waals surface area contributed by atoms with Gasteiger partial charge in [0.2, 0.25) is 3.79 Å². The fraction of sp³-hybridized carbons (Fsp3) is 0.778. The molecule has 0 aliphatic carbocycles. The predicted octanol–water partition coefficient (Wildman–Crippen LogP) is 10.0. The molecule has 7 atom stereocenters. The molecule has 0 saturated carbocycles. The summed E-state index contributed by atoms with van der Waals surface area (Å²) >= 11 is 19.0. The van der Waals surface area contributed by atoms with Gasteiger partial charge in [0, 0.05) is 17.2 Å². The van der Waals surface area contributed by atoms with Crippen LogP contribution in [0.1, 0.15) is 105 Å². The van der Waals surface area contributed by atoms with Gasteiger partial charge in [0.15, 0.2) is 8.32 Å². The summed E-state index contributed by atoms with van der Waals surface area (Å²) in [6.07, 6.45) is 1.05. The van der Waals surface area contributed by atoms with Crippen molar-refractivity contribution in [2.24, 2.45) is 17.3 Å². The standard InChI is InChI=1S/C36H56Cl3NO8SSi/c1-21-14-13-15-35(10)28(47-35)17-26(22(2)16-25-19-49-24(4)40-25)45-29(41)18-27(48-50(11,12)33(5,6)7)34(8,9)31(42)23(3)30(21)46-32(43)44-20-36(37,38)39/h16,19,21,23,26-28,30H,13-15,17-18,20H2,1-12H3/b22-16+/t21-,23+,26-,27-,28-,30-,35+/m0/s1. The zero-order chi connectivity index (χ0) is 38.0. The molecule has 0 N–H and O–H groups in total. The van der Waals surface area contributed by atoms with Crippen LogP contribution in [0, 0.1) is 24.2 Å². The van der Waals surface area contributed by atoms with E-state index in [2.05, 4.69) is 45.8 Å². The number of esters is 1. The fourth-order valence-corrected chi connectivity index (χ4v) is 8.44. The van der Waals surface area contributed by atoms with Crippen LogP contribution in [0.2, 0.25) is 18.1 Å². The highest BCUT2D eigenvalue weighted by atomic mass is 35.6. The number of nitrogens with zero attached hydrogens (tertiary/aromatic N) is 1. The Morgan fingerprint density at radius 3 is 2.36 bits per heavy atom. The first-order valence-electron chi connectivity index (χ1n) is 17.4. The molecule has 2 saturated heterocycles. The van der Waals surface area contributed by atoms with Gasteiger partial charge in [-0.15, -0.1) is 11.3 Å². The Labute approximate surface area is 318 Å². The van der Waals surface area contributed by atoms with Gasteiger partial charge < -0.3 is 23.4 Å². The highest BCUT2D eigenvalue weighted by Crippen LogP contribution is 2.46. The van der Waals surface area contributed by atoms with Gasteiger partial charge in [-0.25, -0.2) is 9.78 Å². The molecule has 2 fully saturated rings. The maximum Gasteiger partial charge on any atom is 0.508 e. The van der Waals surface area contributed by atoms with E-state index in [1.807, 2.05) is 32.2 Å². The second-order valence-corrected chi connectivity index (χ2v) is 24.7. The minimum atomic E-state index is -2.51. The van der Waals surface area contributed by atoms with Crippen molar-refractivity contribution >= 4 is 78.4 Å². The molecular weight excluding hydrogens is 741 g/mol. The lowest BCUT2D eigenvalue weighted by molar-refractivity contribution is -0.154. The number of hydrogen-bond donors (Lipinski definition) is 0. The van der Waals surface area contributed by atoms with E-state index in [9.17, 15) is 14.4 Å². The molecular formula is C36H56Cl3NO8SSi. The minimum Gasteiger partial charge on any atom is -0.458 e. The number of Topliss-reactive ketones (excluding diaryl/α,β-unsaturated/α-hetero) is 1. The van der Waals surface area contributed by atoms with Crippen LogP contribution in [0.4, 0.5) is 4.79 Å². The molecule has 0 unspecified atom stereocenters. The molecule has 3 heterocycles. The van der Waals surface area contributed by atoms with Crippen molar-refractivity contribution in [2.75, 3.05) is 6.61 Å². The first-order valence-corrected chi connectivity index (χ1v) is 22.3. The smallest absolute Gasteiger partial charge is 0.458 e. The lowest BCUT2D eigenvalue weighted by Crippen LogP contribution is -2.53. The molecule has 0 bridgehead atoms. The molecule has 0 amide bonds. The first kappa shape index (κ1) is 43.2. The Hall–Kier alpha value is -1.21. The van der Waals surface area contributed by atoms with Crippen LogP contribution in [-0.2, 0) is 33.0 Å². The van der Waals surface area contributed by atoms with Crippen LogP contribution in [0.5, 0.6) is 0 Å². The van der Waals surface area contributed by atoms with Crippen molar-refractivity contribution in [3.05, 3.63) is 21.7 Å². The van der Waals surface area contributed by atoms with Crippen molar-refractivity contribution in [3.63, 3.8) is 0 Å². The molecule has 1 aromatic heterocycles. The molecule has 9 nitrogen and oxygen atoms in total. The van der Waals surface area contributed by atoms with Crippen LogP contribution in [-0.4, -0.2) is 71.6 Å². The Balaban J connectivity index is 2.03. The number of cyclic esters (lactones) is 1. The monoisotopic (exact) mass is 795 g/mol. The number of rotatable bonds is 6. The van der Waals surface area contributed by atoms with Crippen molar-refractivity contribution < 1.29 is 37.8 Å². The third-order valence-electron chi connectivity index (χ3n) is 10.7. The van der Waals surface area contributed by atoms with Gasteiger partial charge in [0.05, 0.1) is 40.8 Å². The second-order valence-electron chi connectivity index (χ2n) is 16.4. The quantitative estimate of drug-likeness (QED) is 0.120. The summed E-state index contributed by atoms with van der Waals surface area (Å²) in [7, 11) is -2.51. The van der Waals surface area contributed by atoms with Crippen molar-refractivity contribution in [3.8, 4) is 0 Å². The maximum atomic E-state index is 14.6. The van der Waals surface area contributed by atoms with Gasteiger partial charge in [-0.3, -0.25) is 9.59 Å². The zero-order valence-corrected chi connectivity index (χ0v) is 35.7. The predicted molar refractivity (Wildman–Crippen MR) is 202 cm³/mol. The van der Waals surface area contributed by atoms with Crippen molar-refractivity contribution in [1.82, 2.24) is 4.98 Å². The summed E-state index contributed by atoms with van der Waals surface area (Å²) in [5, 5.41) is 2.72. The normalized spacial score (nSPS) is 30.7. The summed E-state index contributed by atoms with van der Waals surface area (Å²) in [5.74, 6) is -1.70. The minimum absolute atomic E-state index is 0.121. The molecule has 0 aromatic carbocycles. The average Bonchev–Trinajstić information content (AvgIpc) is 3.42. The average molecular weight is 797 g/mol. The number of halogens is 3. The van der Waals surface area contributed by atoms with E-state index in [-0.39, 0.29) is 29.3 Å². The number of fused-ring (bicyclic) bond motifs is 1. The SMILES string of the molecule is C/C(=C\c1csc(C)n1)[C@@H]1C[C@@H]2O[C@]2(C)CCC[C@H](C)[C@H](OC(=O)OCC(Cl)(Cl)Cl)[C@@H](C)C(=O)C(C)(C)[C@@H](O[Si](C)(C)C(C)(C)C)CC(=O)O1. The number of thiazole rings is 1. The summed E-state index contributed by atoms with van der Waals surface area (Å²) in [4.78, 5) is 46.0. The summed E-state index contributed by atoms with van der Waals surface area (Å²) in [6, 6.07) is 0. The number of aryl methyl sites for hydroxylation is 1. The van der Waals surface area contributed by atoms with Crippen molar-refractivity contribution in [2.45, 2.75) is 153 Å². The number of ether oxygens (including phenoxy) is 4. The number of carbonyl (C=O) groups is 3. The van der Waals surface area contributed by atoms with Gasteiger partial charge in [0.25, 0.3) is 0 Å². The lowest BCUT2D eigenvalue weighted by Gasteiger charge is -2.44. The van der Waals surface area contributed by atoms with E-state index in [0.29, 0.717) is 12.8 Å². The third kappa shape index (κ3) is 11.6. The maximum absolute atomic E-state index is 14.6. The van der Waals surface area contributed by atoms with Crippen LogP contribution in [0.25, 0.3) is 6.08 Å². The summed E-state index contributed by atoms with van der Waals surface area (Å²) < 4.78 is 28.5. The number of aromatic nitrogens is 1. The fourth-order valence-electron chi connectivity index (χ4n) is 6.27. The molecule has 1 aromatic rings. The van der Waals surface area contributed by atoms with Crippen LogP contribution >= 0.6 is 46.1 Å². The molecule has 284 valence electrons. The lowest BCUT2D eigenvalue weighted by atomic mass is 9.72. The molecule has 2 aliphatic rings. The van der Waals surface area contributed by atoms with E-state index in [0.717, 1.165) is 29.1 Å². The van der Waals surface area contributed by atoms with E-state index in [4.69, 9.17) is 58.2 Å². The van der Waals surface area contributed by atoms with Gasteiger partial charge in [-0.1, -0.05) is 89.7 Å². The Kier molecular flexibility index (Phi) is 14.2. The van der Waals surface area contributed by atoms with Gasteiger partial charge in [0.1, 0.15) is 24.6 Å². The largest absolute Gasteiger partial charge is 0.508 e. The number of carbonyl (C=O) groups excluding carboxylic acids is 3. The van der Waals surface area contributed by atoms with Crippen LogP contribution < -0.4 is 0 Å². The molecule has 2 aliphatic heterocycles. The highest BCUT2D eigenvalue weighted by molar-refractivity contribution is 7.09. The Bertz CT molecular complexity index is 1400. The Morgan fingerprint density at radius 2 is 1.80 bits per heavy atom. The number of ketones is 1. The third-order valence-corrected chi connectivity index (χ3v) is 16.3. The van der Waals surface area contributed by atoms with Crippen LogP contribution in [0.15, 0.2) is 11.0 Å². The van der Waals surface area contributed by atoms with Crippen LogP contribution in [0.3, 0.4) is 0 Å². The Morgan fingerprint density at radius 1 is 1.16 bits per heavy atom. The van der Waals surface area contributed by atoms with Gasteiger partial charge in [-0.2, -0.15) is 0 Å². The molecule has 3 rings (SSSR count). The van der Waals surface area contributed by atoms with E-state index in [1.165, 1.54) is 0 Å². The van der Waals surface area contributed by atoms with E-state index >= 15 is 0 Å². The van der Waals surface area contributed by atoms with Gasteiger partial charge >= 0.3 is 12.1 Å². The number of alkyl halides is 3. The highest BCUT2D eigenvalue weighted by Gasteiger charge is 2.54. The number of epoxide rings is 1. The molecule has 0 radical (unpaired) electrons. The zero-order valence-electron chi connectivity index (χ0n) is 31.6. The summed E-state index contributed by atoms with van der Waals surface area (Å²) in [5.41, 5.74) is 0.0960. The van der Waals surface area contributed by atoms with E-state index < -0.39 is 66.1 Å². The molecule has 0 spiro atoms. The molecule has 14 heteroatoms. The topological polar surface area (TPSA) is 114 Å². The number of hydrogen-bond acceptors (Lipinski definition) is 10. The van der Waals surface area contributed by atoms with Gasteiger partial charge in [-0.05, 0) is 69.3 Å². The molecule has 50 heavy (non-hydrogen) atoms. The van der Waals surface area contributed by atoms with Crippen molar-refractivity contribution in [1.29, 1.82) is 0 Å². The second kappa shape index (κ2) is 16.4. The first-order chi connectivity index (χ1) is 22.8. The van der Waals surface area contributed by atoms with E-state index in [1.54, 1.807) is 32.1 Å². The summed E-state index contributed by atoms with van der Waals surface area (Å²) in [6.45, 7) is 23.2.